The van der Waals surface area contributed by atoms with Crippen LogP contribution in [0.25, 0.3) is 5.65 Å². The molecule has 0 amide bonds. The molecule has 0 radical (unpaired) electrons. The SMILES string of the molecule is COc1cc(Nc2cccc(F)c2)n2ncc(C3CC3)c2n1. The van der Waals surface area contributed by atoms with E-state index in [2.05, 4.69) is 15.4 Å². The maximum Gasteiger partial charge on any atom is 0.218 e. The zero-order chi connectivity index (χ0) is 15.1. The largest absolute Gasteiger partial charge is 0.481 e. The van der Waals surface area contributed by atoms with Gasteiger partial charge in [0.05, 0.1) is 13.3 Å². The van der Waals surface area contributed by atoms with Crippen molar-refractivity contribution in [3.8, 4) is 5.88 Å². The topological polar surface area (TPSA) is 51.5 Å². The van der Waals surface area contributed by atoms with Gasteiger partial charge in [0.1, 0.15) is 11.6 Å². The first-order valence-corrected chi connectivity index (χ1v) is 7.20. The monoisotopic (exact) mass is 298 g/mol. The van der Waals surface area contributed by atoms with Gasteiger partial charge in [0.2, 0.25) is 5.88 Å². The molecule has 1 aliphatic rings. The summed E-state index contributed by atoms with van der Waals surface area (Å²) >= 11 is 0. The first kappa shape index (κ1) is 13.1. The van der Waals surface area contributed by atoms with Gasteiger partial charge >= 0.3 is 0 Å². The molecule has 1 N–H and O–H groups in total. The molecule has 0 bridgehead atoms. The highest BCUT2D eigenvalue weighted by Crippen LogP contribution is 2.42. The molecule has 112 valence electrons. The lowest BCUT2D eigenvalue weighted by molar-refractivity contribution is 0.398. The Balaban J connectivity index is 1.81. The van der Waals surface area contributed by atoms with Crippen LogP contribution in [0, 0.1) is 5.82 Å². The van der Waals surface area contributed by atoms with Gasteiger partial charge in [0, 0.05) is 17.3 Å². The molecule has 1 fully saturated rings. The quantitative estimate of drug-likeness (QED) is 0.801. The van der Waals surface area contributed by atoms with Gasteiger partial charge < -0.3 is 10.1 Å². The fourth-order valence-electron chi connectivity index (χ4n) is 2.55. The van der Waals surface area contributed by atoms with Crippen molar-refractivity contribution in [2.75, 3.05) is 12.4 Å². The van der Waals surface area contributed by atoms with Crippen molar-refractivity contribution in [3.63, 3.8) is 0 Å². The molecule has 1 aromatic carbocycles. The Morgan fingerprint density at radius 2 is 2.18 bits per heavy atom. The van der Waals surface area contributed by atoms with E-state index in [1.807, 2.05) is 6.20 Å². The molecular formula is C16H15FN4O. The third-order valence-corrected chi connectivity index (χ3v) is 3.80. The van der Waals surface area contributed by atoms with Gasteiger partial charge in [-0.05, 0) is 37.0 Å². The van der Waals surface area contributed by atoms with Crippen LogP contribution in [0.3, 0.4) is 0 Å². The fourth-order valence-corrected chi connectivity index (χ4v) is 2.55. The van der Waals surface area contributed by atoms with E-state index < -0.39 is 0 Å². The molecule has 0 aliphatic heterocycles. The van der Waals surface area contributed by atoms with Gasteiger partial charge in [0.25, 0.3) is 0 Å². The van der Waals surface area contributed by atoms with E-state index in [0.29, 0.717) is 23.3 Å². The predicted molar refractivity (Wildman–Crippen MR) is 81.2 cm³/mol. The average molecular weight is 298 g/mol. The lowest BCUT2D eigenvalue weighted by atomic mass is 10.2. The minimum absolute atomic E-state index is 0.290. The molecule has 1 aliphatic carbocycles. The molecular weight excluding hydrogens is 283 g/mol. The summed E-state index contributed by atoms with van der Waals surface area (Å²) in [5.41, 5.74) is 2.58. The van der Waals surface area contributed by atoms with Crippen molar-refractivity contribution >= 4 is 17.2 Å². The lowest BCUT2D eigenvalue weighted by Crippen LogP contribution is -2.03. The maximum atomic E-state index is 13.3. The number of nitrogens with one attached hydrogen (secondary N) is 1. The molecule has 6 heteroatoms. The van der Waals surface area contributed by atoms with Crippen LogP contribution >= 0.6 is 0 Å². The number of nitrogens with zero attached hydrogens (tertiary/aromatic N) is 3. The minimum Gasteiger partial charge on any atom is -0.481 e. The summed E-state index contributed by atoms with van der Waals surface area (Å²) in [5.74, 6) is 1.45. The first-order chi connectivity index (χ1) is 10.7. The fraction of sp³-hybridized carbons (Fsp3) is 0.250. The predicted octanol–water partition coefficient (Wildman–Crippen LogP) is 3.50. The Hall–Kier alpha value is -2.63. The van der Waals surface area contributed by atoms with Crippen LogP contribution in [0.1, 0.15) is 24.3 Å². The maximum absolute atomic E-state index is 13.3. The summed E-state index contributed by atoms with van der Waals surface area (Å²) in [6, 6.07) is 8.05. The van der Waals surface area contributed by atoms with Crippen molar-refractivity contribution in [1.82, 2.24) is 14.6 Å². The van der Waals surface area contributed by atoms with Crippen LogP contribution < -0.4 is 10.1 Å². The zero-order valence-electron chi connectivity index (χ0n) is 12.1. The van der Waals surface area contributed by atoms with Crippen molar-refractivity contribution in [2.45, 2.75) is 18.8 Å². The average Bonchev–Trinajstić information content (AvgIpc) is 3.26. The number of hydrogen-bond donors (Lipinski definition) is 1. The summed E-state index contributed by atoms with van der Waals surface area (Å²) in [6.07, 6.45) is 4.20. The van der Waals surface area contributed by atoms with Gasteiger partial charge in [-0.25, -0.2) is 4.39 Å². The molecule has 0 spiro atoms. The lowest BCUT2D eigenvalue weighted by Gasteiger charge is -2.10. The van der Waals surface area contributed by atoms with Gasteiger partial charge in [-0.15, -0.1) is 0 Å². The minimum atomic E-state index is -0.290. The molecule has 2 aromatic heterocycles. The number of methoxy groups -OCH3 is 1. The summed E-state index contributed by atoms with van der Waals surface area (Å²) in [6.45, 7) is 0. The third-order valence-electron chi connectivity index (χ3n) is 3.80. The molecule has 5 nitrogen and oxygen atoms in total. The first-order valence-electron chi connectivity index (χ1n) is 7.20. The molecule has 4 rings (SSSR count). The second-order valence-electron chi connectivity index (χ2n) is 5.43. The smallest absolute Gasteiger partial charge is 0.218 e. The highest BCUT2D eigenvalue weighted by molar-refractivity contribution is 5.63. The zero-order valence-corrected chi connectivity index (χ0v) is 12.1. The number of benzene rings is 1. The Morgan fingerprint density at radius 1 is 1.32 bits per heavy atom. The van der Waals surface area contributed by atoms with Crippen molar-refractivity contribution in [3.05, 3.63) is 47.9 Å². The second kappa shape index (κ2) is 4.98. The molecule has 1 saturated carbocycles. The van der Waals surface area contributed by atoms with Gasteiger partial charge in [0.15, 0.2) is 5.65 Å². The van der Waals surface area contributed by atoms with Crippen molar-refractivity contribution in [1.29, 1.82) is 0 Å². The number of fused-ring (bicyclic) bond motifs is 1. The standard InChI is InChI=1S/C16H15FN4O/c1-22-15-8-14(19-12-4-2-3-11(17)7-12)21-16(20-15)13(9-18-21)10-5-6-10/h2-4,7-10,19H,5-6H2,1H3. The highest BCUT2D eigenvalue weighted by Gasteiger charge is 2.28. The number of aromatic nitrogens is 3. The van der Waals surface area contributed by atoms with Gasteiger partial charge in [-0.3, -0.25) is 0 Å². The number of ether oxygens (including phenoxy) is 1. The summed E-state index contributed by atoms with van der Waals surface area (Å²) in [4.78, 5) is 4.50. The van der Waals surface area contributed by atoms with Crippen LogP contribution in [0.5, 0.6) is 5.88 Å². The highest BCUT2D eigenvalue weighted by atomic mass is 19.1. The molecule has 2 heterocycles. The Kier molecular flexibility index (Phi) is 2.96. The summed E-state index contributed by atoms with van der Waals surface area (Å²) < 4.78 is 20.4. The molecule has 0 saturated heterocycles. The van der Waals surface area contributed by atoms with Crippen molar-refractivity contribution in [2.24, 2.45) is 0 Å². The summed E-state index contributed by atoms with van der Waals surface area (Å²) in [7, 11) is 1.58. The van der Waals surface area contributed by atoms with Crippen LogP contribution in [-0.2, 0) is 0 Å². The normalized spacial score (nSPS) is 14.3. The Morgan fingerprint density at radius 3 is 2.91 bits per heavy atom. The van der Waals surface area contributed by atoms with Crippen LogP contribution in [0.4, 0.5) is 15.9 Å². The van der Waals surface area contributed by atoms with E-state index in [9.17, 15) is 4.39 Å². The third kappa shape index (κ3) is 2.26. The number of anilines is 2. The Labute approximate surface area is 126 Å². The van der Waals surface area contributed by atoms with E-state index in [1.54, 1.807) is 29.8 Å². The van der Waals surface area contributed by atoms with Gasteiger partial charge in [-0.2, -0.15) is 14.6 Å². The molecule has 0 unspecified atom stereocenters. The Bertz CT molecular complexity index is 841. The van der Waals surface area contributed by atoms with Crippen molar-refractivity contribution < 1.29 is 9.13 Å². The number of hydrogen-bond acceptors (Lipinski definition) is 4. The van der Waals surface area contributed by atoms with Crippen LogP contribution in [0.15, 0.2) is 36.5 Å². The number of rotatable bonds is 4. The van der Waals surface area contributed by atoms with Crippen LogP contribution in [0.2, 0.25) is 0 Å². The van der Waals surface area contributed by atoms with E-state index in [-0.39, 0.29) is 5.82 Å². The molecule has 22 heavy (non-hydrogen) atoms. The van der Waals surface area contributed by atoms with E-state index >= 15 is 0 Å². The van der Waals surface area contributed by atoms with Crippen LogP contribution in [-0.4, -0.2) is 21.7 Å². The second-order valence-corrected chi connectivity index (χ2v) is 5.43. The van der Waals surface area contributed by atoms with Gasteiger partial charge in [-0.1, -0.05) is 6.07 Å². The van der Waals surface area contributed by atoms with E-state index in [4.69, 9.17) is 4.74 Å². The van der Waals surface area contributed by atoms with E-state index in [0.717, 1.165) is 11.2 Å². The summed E-state index contributed by atoms with van der Waals surface area (Å²) in [5, 5.41) is 7.59. The number of halogens is 1. The molecule has 0 atom stereocenters. The van der Waals surface area contributed by atoms with E-state index in [1.165, 1.54) is 25.0 Å². The molecule has 3 aromatic rings.